The quantitative estimate of drug-likeness (QED) is 0.252. The van der Waals surface area contributed by atoms with Crippen LogP contribution in [0.15, 0.2) is 35.4 Å². The zero-order chi connectivity index (χ0) is 40.6. The number of hydrogen-bond acceptors (Lipinski definition) is 10. The van der Waals surface area contributed by atoms with E-state index in [0.29, 0.717) is 55.5 Å². The second-order valence-corrected chi connectivity index (χ2v) is 16.7. The molecule has 3 amide bonds. The van der Waals surface area contributed by atoms with E-state index in [1.54, 1.807) is 27.4 Å². The van der Waals surface area contributed by atoms with Crippen LogP contribution in [-0.2, 0) is 27.1 Å². The number of piperidine rings is 1. The van der Waals surface area contributed by atoms with Gasteiger partial charge in [-0.25, -0.2) is 16.5 Å². The molecule has 1 aromatic carbocycles. The maximum absolute atomic E-state index is 14.6. The highest BCUT2D eigenvalue weighted by atomic mass is 35.5. The summed E-state index contributed by atoms with van der Waals surface area (Å²) in [5.74, 6) is -1.34. The molecule has 20 heteroatoms. The fourth-order valence-electron chi connectivity index (χ4n) is 7.85. The summed E-state index contributed by atoms with van der Waals surface area (Å²) in [6, 6.07) is 2.61. The van der Waals surface area contributed by atoms with Crippen LogP contribution in [0.25, 0.3) is 16.2 Å². The van der Waals surface area contributed by atoms with Crippen molar-refractivity contribution < 1.29 is 32.7 Å². The first-order chi connectivity index (χ1) is 27.1. The highest BCUT2D eigenvalue weighted by Gasteiger charge is 2.60. The minimum atomic E-state index is -4.64. The summed E-state index contributed by atoms with van der Waals surface area (Å²) in [5, 5.41) is 17.1. The number of carbonyl (C=O) groups excluding carboxylic acids is 3. The number of hydrogen-bond donors (Lipinski definition) is 2. The number of amides is 3. The minimum Gasteiger partial charge on any atom is -0.504 e. The molecule has 1 spiro atoms. The zero-order valence-corrected chi connectivity index (χ0v) is 32.1. The lowest BCUT2D eigenvalue weighted by Crippen LogP contribution is -2.45. The molecule has 1 aliphatic carbocycles. The molecule has 2 N–H and O–H groups in total. The highest BCUT2D eigenvalue weighted by molar-refractivity contribution is 8.00. The van der Waals surface area contributed by atoms with Gasteiger partial charge in [0.2, 0.25) is 11.7 Å². The Labute approximate surface area is 331 Å². The van der Waals surface area contributed by atoms with Crippen LogP contribution in [0, 0.1) is 13.5 Å². The Balaban J connectivity index is 1.15. The van der Waals surface area contributed by atoms with Gasteiger partial charge in [-0.3, -0.25) is 24.0 Å². The first-order valence-corrected chi connectivity index (χ1v) is 19.4. The van der Waals surface area contributed by atoms with Crippen LogP contribution in [0.5, 0.6) is 5.75 Å². The van der Waals surface area contributed by atoms with Gasteiger partial charge in [-0.2, -0.15) is 22.7 Å². The van der Waals surface area contributed by atoms with E-state index in [4.69, 9.17) is 23.2 Å². The molecule has 1 atom stereocenters. The average Bonchev–Trinajstić information content (AvgIpc) is 3.77. The molecule has 2 fully saturated rings. The first kappa shape index (κ1) is 38.4. The van der Waals surface area contributed by atoms with Gasteiger partial charge >= 0.3 is 17.6 Å². The lowest BCUT2D eigenvalue weighted by Gasteiger charge is -2.39. The van der Waals surface area contributed by atoms with Gasteiger partial charge in [0, 0.05) is 50.0 Å². The topological polar surface area (TPSA) is 172 Å². The molecule has 57 heavy (non-hydrogen) atoms. The van der Waals surface area contributed by atoms with E-state index in [9.17, 15) is 37.5 Å². The molecule has 8 rings (SSSR count). The van der Waals surface area contributed by atoms with Crippen LogP contribution in [0.4, 0.5) is 18.9 Å². The van der Waals surface area contributed by atoms with Crippen molar-refractivity contribution in [3.63, 3.8) is 0 Å². The smallest absolute Gasteiger partial charge is 0.416 e. The summed E-state index contributed by atoms with van der Waals surface area (Å²) < 4.78 is 41.9. The van der Waals surface area contributed by atoms with Crippen LogP contribution in [0.1, 0.15) is 83.1 Å². The number of likely N-dealkylation sites (tertiary alicyclic amines) is 1. The first-order valence-electron chi connectivity index (χ1n) is 18.1. The van der Waals surface area contributed by atoms with Crippen molar-refractivity contribution in [3.8, 4) is 5.75 Å². The van der Waals surface area contributed by atoms with Gasteiger partial charge in [0.05, 0.1) is 32.3 Å². The largest absolute Gasteiger partial charge is 0.504 e. The van der Waals surface area contributed by atoms with Gasteiger partial charge in [-0.15, -0.1) is 16.9 Å². The lowest BCUT2D eigenvalue weighted by molar-refractivity contribution is -0.137. The van der Waals surface area contributed by atoms with E-state index in [1.807, 2.05) is 6.92 Å². The third-order valence-corrected chi connectivity index (χ3v) is 13.0. The molecule has 1 saturated carbocycles. The predicted molar refractivity (Wildman–Crippen MR) is 201 cm³/mol. The summed E-state index contributed by atoms with van der Waals surface area (Å²) in [7, 11) is 0. The van der Waals surface area contributed by atoms with E-state index in [-0.39, 0.29) is 70.2 Å². The van der Waals surface area contributed by atoms with Crippen LogP contribution in [0.3, 0.4) is 0 Å². The molecule has 0 radical (unpaired) electrons. The van der Waals surface area contributed by atoms with Gasteiger partial charge in [0.25, 0.3) is 11.5 Å². The number of anilines is 1. The monoisotopic (exact) mass is 822 g/mol. The van der Waals surface area contributed by atoms with Crippen LogP contribution in [0.2, 0.25) is 5.02 Å². The molecule has 15 nitrogen and oxygen atoms in total. The molecular weight excluding hydrogens is 789 g/mol. The molecule has 4 aliphatic rings. The van der Waals surface area contributed by atoms with Crippen molar-refractivity contribution in [1.82, 2.24) is 38.9 Å². The van der Waals surface area contributed by atoms with Crippen molar-refractivity contribution >= 4 is 58.1 Å². The van der Waals surface area contributed by atoms with Crippen molar-refractivity contribution in [3.05, 3.63) is 91.4 Å². The number of carbonyl (C=O) groups is 3. The third-order valence-electron chi connectivity index (χ3n) is 11.1. The van der Waals surface area contributed by atoms with Gasteiger partial charge in [-0.1, -0.05) is 17.7 Å². The number of aromatic nitrogens is 6. The molecule has 6 heterocycles. The van der Waals surface area contributed by atoms with E-state index >= 15 is 0 Å². The summed E-state index contributed by atoms with van der Waals surface area (Å²) >= 11 is 7.70. The molecular formula is C37H34ClF3N10O5S. The molecule has 0 unspecified atom stereocenters. The van der Waals surface area contributed by atoms with Crippen molar-refractivity contribution in [2.75, 3.05) is 31.5 Å². The summed E-state index contributed by atoms with van der Waals surface area (Å²) in [6.45, 7) is 11.5. The average molecular weight is 823 g/mol. The number of nitrogens with one attached hydrogen (secondary N) is 1. The predicted octanol–water partition coefficient (Wildman–Crippen LogP) is 5.01. The van der Waals surface area contributed by atoms with Crippen molar-refractivity contribution in [2.24, 2.45) is 0 Å². The molecule has 3 aromatic heterocycles. The molecule has 4 aromatic rings. The number of alkyl halides is 3. The molecule has 296 valence electrons. The van der Waals surface area contributed by atoms with Crippen molar-refractivity contribution in [2.45, 2.75) is 74.2 Å². The van der Waals surface area contributed by atoms with E-state index in [2.05, 4.69) is 25.2 Å². The number of aromatic hydroxyl groups is 1. The number of halogens is 4. The molecule has 3 aliphatic heterocycles. The Kier molecular flexibility index (Phi) is 9.34. The fourth-order valence-corrected chi connectivity index (χ4v) is 9.84. The normalized spacial score (nSPS) is 19.6. The number of fused-ring (bicyclic) bond motifs is 3. The Morgan fingerprint density at radius 3 is 2.49 bits per heavy atom. The number of thioether (sulfide) groups is 1. The maximum atomic E-state index is 14.6. The van der Waals surface area contributed by atoms with Gasteiger partial charge in [0.1, 0.15) is 12.9 Å². The standard InChI is InChI=1S/C37H34ClF3N10O5S/c1-19-29(53)27(44-18-43-19)32(55)48-14-10-36(11-15-48)26-28(20(2)57-36)50(17-25(52)45-24-5-4-22(16-23(24)38)37(39,40)41)34-46-30(47-51(34)31(26)54)21-6-12-49(13-7-21)33(56)35(42-3)8-9-35/h4-6,16,18,20,53H,7-15,17H2,1-2H3,(H,45,52)/t20-/m1/s1. The Bertz CT molecular complexity index is 2520. The number of rotatable bonds is 6. The fraction of sp³-hybridized carbons (Fsp3) is 0.432. The Morgan fingerprint density at radius 1 is 1.12 bits per heavy atom. The number of aryl methyl sites for hydroxylation is 1. The third kappa shape index (κ3) is 6.57. The zero-order valence-electron chi connectivity index (χ0n) is 30.6. The SMILES string of the molecule is [C-]#[N+]C1(C(=O)N2CC=C(c3nc4n(CC(=O)Nc5ccc(C(F)(F)F)cc5Cl)c5c(c(=O)n4n3)C3(CCN(C(=O)c4ncnc(C)c4O)CC3)S[C@@H]5C)CC2)CC1. The molecule has 1 saturated heterocycles. The summed E-state index contributed by atoms with van der Waals surface area (Å²) in [6.07, 6.45) is 0.485. The van der Waals surface area contributed by atoms with E-state index in [1.165, 1.54) is 18.1 Å². The van der Waals surface area contributed by atoms with E-state index < -0.39 is 45.9 Å². The van der Waals surface area contributed by atoms with Crippen molar-refractivity contribution in [1.29, 1.82) is 0 Å². The maximum Gasteiger partial charge on any atom is 0.416 e. The van der Waals surface area contributed by atoms with Gasteiger partial charge in [0.15, 0.2) is 17.3 Å². The van der Waals surface area contributed by atoms with Crippen LogP contribution in [-0.4, -0.2) is 93.5 Å². The van der Waals surface area contributed by atoms with E-state index in [0.717, 1.165) is 22.7 Å². The molecule has 0 bridgehead atoms. The van der Waals surface area contributed by atoms with Gasteiger partial charge in [-0.05, 0) is 56.9 Å². The Morgan fingerprint density at radius 2 is 1.86 bits per heavy atom. The van der Waals surface area contributed by atoms with Crippen LogP contribution < -0.4 is 10.9 Å². The summed E-state index contributed by atoms with van der Waals surface area (Å²) in [4.78, 5) is 74.3. The lowest BCUT2D eigenvalue weighted by atomic mass is 9.87. The van der Waals surface area contributed by atoms with Gasteiger partial charge < -0.3 is 24.8 Å². The second kappa shape index (κ2) is 13.9. The summed E-state index contributed by atoms with van der Waals surface area (Å²) in [5.41, 5.74) is -0.686. The Hall–Kier alpha value is -5.48. The van der Waals surface area contributed by atoms with Crippen LogP contribution >= 0.6 is 23.4 Å². The number of nitrogens with zero attached hydrogens (tertiary/aromatic N) is 9. The minimum absolute atomic E-state index is 0.0379. The highest BCUT2D eigenvalue weighted by Crippen LogP contribution is 2.58. The number of benzene rings is 1. The second-order valence-electron chi connectivity index (χ2n) is 14.6.